The summed E-state index contributed by atoms with van der Waals surface area (Å²) in [7, 11) is 1.26. The third-order valence-electron chi connectivity index (χ3n) is 4.58. The van der Waals surface area contributed by atoms with Crippen LogP contribution in [0.2, 0.25) is 5.02 Å². The van der Waals surface area contributed by atoms with Crippen LogP contribution in [0.1, 0.15) is 27.9 Å². The Balaban J connectivity index is 1.62. The van der Waals surface area contributed by atoms with Crippen LogP contribution in [0.4, 0.5) is 4.39 Å². The molecule has 0 radical (unpaired) electrons. The molecular formula is C19H20ClFN2O2. The predicted octanol–water partition coefficient (Wildman–Crippen LogP) is 3.73. The van der Waals surface area contributed by atoms with E-state index in [1.807, 2.05) is 6.07 Å². The zero-order valence-corrected chi connectivity index (χ0v) is 14.8. The topological polar surface area (TPSA) is 42.4 Å². The lowest BCUT2D eigenvalue weighted by atomic mass is 9.97. The van der Waals surface area contributed by atoms with Crippen molar-refractivity contribution in [2.45, 2.75) is 19.4 Å². The first-order valence-corrected chi connectivity index (χ1v) is 8.62. The number of hydrogen-bond acceptors (Lipinski definition) is 4. The maximum absolute atomic E-state index is 13.7. The molecule has 1 unspecified atom stereocenters. The highest BCUT2D eigenvalue weighted by molar-refractivity contribution is 6.31. The van der Waals surface area contributed by atoms with Gasteiger partial charge in [0.25, 0.3) is 0 Å². The highest BCUT2D eigenvalue weighted by atomic mass is 35.5. The summed E-state index contributed by atoms with van der Waals surface area (Å²) < 4.78 is 18.4. The van der Waals surface area contributed by atoms with Gasteiger partial charge in [0.1, 0.15) is 5.82 Å². The molecule has 132 valence electrons. The Labute approximate surface area is 151 Å². The average Bonchev–Trinajstić information content (AvgIpc) is 3.05. The van der Waals surface area contributed by atoms with Gasteiger partial charge in [0.05, 0.1) is 17.7 Å². The molecule has 0 saturated carbocycles. The van der Waals surface area contributed by atoms with Gasteiger partial charge in [0.15, 0.2) is 0 Å². The molecule has 0 N–H and O–H groups in total. The van der Waals surface area contributed by atoms with Crippen LogP contribution in [-0.4, -0.2) is 36.1 Å². The van der Waals surface area contributed by atoms with Gasteiger partial charge in [0, 0.05) is 25.5 Å². The van der Waals surface area contributed by atoms with E-state index in [9.17, 15) is 9.18 Å². The van der Waals surface area contributed by atoms with Gasteiger partial charge in [-0.15, -0.1) is 0 Å². The number of methoxy groups -OCH3 is 1. The second-order valence-electron chi connectivity index (χ2n) is 6.37. The summed E-state index contributed by atoms with van der Waals surface area (Å²) in [5.41, 5.74) is 2.03. The van der Waals surface area contributed by atoms with Gasteiger partial charge in [-0.3, -0.25) is 9.88 Å². The molecule has 2 heterocycles. The van der Waals surface area contributed by atoms with Crippen LogP contribution in [0.25, 0.3) is 0 Å². The first-order chi connectivity index (χ1) is 12.1. The second kappa shape index (κ2) is 7.93. The summed E-state index contributed by atoms with van der Waals surface area (Å²) in [6, 6.07) is 6.62. The van der Waals surface area contributed by atoms with Crippen LogP contribution in [0.5, 0.6) is 0 Å². The molecule has 4 nitrogen and oxygen atoms in total. The Bertz CT molecular complexity index is 769. The van der Waals surface area contributed by atoms with E-state index in [0.717, 1.165) is 43.6 Å². The summed E-state index contributed by atoms with van der Waals surface area (Å²) in [6.07, 6.45) is 5.29. The number of aromatic nitrogens is 1. The van der Waals surface area contributed by atoms with Crippen molar-refractivity contribution in [1.82, 2.24) is 9.88 Å². The number of nitrogens with zero attached hydrogens (tertiary/aromatic N) is 2. The number of rotatable bonds is 5. The third kappa shape index (κ3) is 4.35. The standard InChI is InChI=1S/C19H20ClFN2O2/c1-25-19(24)16-9-13(2-3-18(16)21)8-14-5-7-23(11-14)12-15-4-6-22-10-17(15)20/h2-4,6,9-10,14H,5,7-8,11-12H2,1H3. The largest absolute Gasteiger partial charge is 0.465 e. The Kier molecular flexibility index (Phi) is 5.66. The van der Waals surface area contributed by atoms with Gasteiger partial charge in [-0.1, -0.05) is 17.7 Å². The molecule has 1 aromatic heterocycles. The fraction of sp³-hybridized carbons (Fsp3) is 0.368. The third-order valence-corrected chi connectivity index (χ3v) is 4.92. The molecule has 0 aliphatic carbocycles. The molecule has 0 spiro atoms. The van der Waals surface area contributed by atoms with E-state index in [0.29, 0.717) is 10.9 Å². The van der Waals surface area contributed by atoms with Crippen LogP contribution in [-0.2, 0) is 17.7 Å². The van der Waals surface area contributed by atoms with Crippen molar-refractivity contribution in [2.24, 2.45) is 5.92 Å². The van der Waals surface area contributed by atoms with E-state index in [-0.39, 0.29) is 5.56 Å². The highest BCUT2D eigenvalue weighted by Crippen LogP contribution is 2.25. The lowest BCUT2D eigenvalue weighted by Crippen LogP contribution is -2.21. The Morgan fingerprint density at radius 1 is 1.44 bits per heavy atom. The zero-order valence-electron chi connectivity index (χ0n) is 14.0. The van der Waals surface area contributed by atoms with E-state index in [4.69, 9.17) is 11.6 Å². The van der Waals surface area contributed by atoms with Crippen molar-refractivity contribution < 1.29 is 13.9 Å². The molecule has 1 saturated heterocycles. The summed E-state index contributed by atoms with van der Waals surface area (Å²) in [4.78, 5) is 18.0. The van der Waals surface area contributed by atoms with Gasteiger partial charge >= 0.3 is 5.97 Å². The fourth-order valence-electron chi connectivity index (χ4n) is 3.30. The molecular weight excluding hydrogens is 343 g/mol. The maximum Gasteiger partial charge on any atom is 0.340 e. The molecule has 3 rings (SSSR count). The number of halogens is 2. The first kappa shape index (κ1) is 17.8. The molecule has 25 heavy (non-hydrogen) atoms. The Morgan fingerprint density at radius 3 is 3.04 bits per heavy atom. The minimum Gasteiger partial charge on any atom is -0.465 e. The van der Waals surface area contributed by atoms with Crippen molar-refractivity contribution >= 4 is 17.6 Å². The number of benzene rings is 1. The molecule has 1 aromatic carbocycles. The molecule has 6 heteroatoms. The average molecular weight is 363 g/mol. The van der Waals surface area contributed by atoms with Crippen molar-refractivity contribution in [3.8, 4) is 0 Å². The van der Waals surface area contributed by atoms with Crippen molar-refractivity contribution in [1.29, 1.82) is 0 Å². The molecule has 1 aliphatic rings. The minimum absolute atomic E-state index is 0.00146. The predicted molar refractivity (Wildman–Crippen MR) is 94.1 cm³/mol. The molecule has 1 fully saturated rings. The summed E-state index contributed by atoms with van der Waals surface area (Å²) in [5, 5.41) is 0.687. The Morgan fingerprint density at radius 2 is 2.28 bits per heavy atom. The van der Waals surface area contributed by atoms with Crippen LogP contribution < -0.4 is 0 Å². The SMILES string of the molecule is COC(=O)c1cc(CC2CCN(Cc3ccncc3Cl)C2)ccc1F. The number of esters is 1. The van der Waals surface area contributed by atoms with E-state index in [2.05, 4.69) is 14.6 Å². The maximum atomic E-state index is 13.7. The van der Waals surface area contributed by atoms with E-state index < -0.39 is 11.8 Å². The van der Waals surface area contributed by atoms with Crippen molar-refractivity contribution in [2.75, 3.05) is 20.2 Å². The zero-order chi connectivity index (χ0) is 17.8. The minimum atomic E-state index is -0.639. The van der Waals surface area contributed by atoms with Gasteiger partial charge in [-0.25, -0.2) is 9.18 Å². The Hall–Kier alpha value is -1.98. The second-order valence-corrected chi connectivity index (χ2v) is 6.77. The normalized spacial score (nSPS) is 17.6. The molecule has 0 amide bonds. The quantitative estimate of drug-likeness (QED) is 0.760. The molecule has 1 atom stereocenters. The van der Waals surface area contributed by atoms with Gasteiger partial charge in [-0.05, 0) is 54.6 Å². The number of pyridine rings is 1. The van der Waals surface area contributed by atoms with Crippen LogP contribution in [0.3, 0.4) is 0 Å². The van der Waals surface area contributed by atoms with E-state index in [1.165, 1.54) is 13.2 Å². The van der Waals surface area contributed by atoms with Crippen molar-refractivity contribution in [3.63, 3.8) is 0 Å². The number of likely N-dealkylation sites (tertiary alicyclic amines) is 1. The summed E-state index contributed by atoms with van der Waals surface area (Å²) in [6.45, 7) is 2.74. The van der Waals surface area contributed by atoms with Crippen LogP contribution in [0.15, 0.2) is 36.7 Å². The smallest absolute Gasteiger partial charge is 0.340 e. The van der Waals surface area contributed by atoms with Crippen molar-refractivity contribution in [3.05, 3.63) is 64.2 Å². The number of ether oxygens (including phenoxy) is 1. The van der Waals surface area contributed by atoms with E-state index >= 15 is 0 Å². The molecule has 1 aliphatic heterocycles. The number of hydrogen-bond donors (Lipinski definition) is 0. The fourth-order valence-corrected chi connectivity index (χ4v) is 3.47. The van der Waals surface area contributed by atoms with Gasteiger partial charge < -0.3 is 4.74 Å². The lowest BCUT2D eigenvalue weighted by Gasteiger charge is -2.17. The van der Waals surface area contributed by atoms with Gasteiger partial charge in [0.2, 0.25) is 0 Å². The summed E-state index contributed by atoms with van der Waals surface area (Å²) >= 11 is 6.18. The van der Waals surface area contributed by atoms with Gasteiger partial charge in [-0.2, -0.15) is 0 Å². The molecule has 2 aromatic rings. The highest BCUT2D eigenvalue weighted by Gasteiger charge is 2.24. The first-order valence-electron chi connectivity index (χ1n) is 8.24. The number of carbonyl (C=O) groups excluding carboxylic acids is 1. The molecule has 0 bridgehead atoms. The lowest BCUT2D eigenvalue weighted by molar-refractivity contribution is 0.0595. The summed E-state index contributed by atoms with van der Waals surface area (Å²) in [5.74, 6) is -0.715. The van der Waals surface area contributed by atoms with Crippen LogP contribution in [0, 0.1) is 11.7 Å². The monoisotopic (exact) mass is 362 g/mol. The van der Waals surface area contributed by atoms with Crippen LogP contribution >= 0.6 is 11.6 Å². The number of carbonyl (C=O) groups is 1. The van der Waals surface area contributed by atoms with E-state index in [1.54, 1.807) is 24.5 Å².